The van der Waals surface area contributed by atoms with Gasteiger partial charge < -0.3 is 10.4 Å². The minimum Gasteiger partial charge on any atom is -0.396 e. The average Bonchev–Trinajstić information content (AvgIpc) is 2.18. The third-order valence-electron chi connectivity index (χ3n) is 2.06. The molecule has 0 spiro atoms. The van der Waals surface area contributed by atoms with Crippen molar-refractivity contribution in [2.45, 2.75) is 19.4 Å². The molecule has 0 aromatic heterocycles. The van der Waals surface area contributed by atoms with E-state index in [9.17, 15) is 4.79 Å². The summed E-state index contributed by atoms with van der Waals surface area (Å²) in [6.45, 7) is 1.95. The summed E-state index contributed by atoms with van der Waals surface area (Å²) < 4.78 is 0.777. The Balaban J connectivity index is 2.65. The number of halogens is 1. The summed E-state index contributed by atoms with van der Waals surface area (Å²) in [7, 11) is 0. The summed E-state index contributed by atoms with van der Waals surface area (Å²) >= 11 is 3.32. The zero-order valence-electron chi connectivity index (χ0n) is 8.53. The van der Waals surface area contributed by atoms with E-state index in [1.165, 1.54) is 0 Å². The molecule has 4 heteroatoms. The van der Waals surface area contributed by atoms with E-state index in [1.807, 2.05) is 25.1 Å². The lowest BCUT2D eigenvalue weighted by molar-refractivity contribution is 0.0933. The third kappa shape index (κ3) is 3.64. The van der Waals surface area contributed by atoms with Crippen LogP contribution in [-0.2, 0) is 0 Å². The number of amides is 1. The molecular weight excluding hydrogens is 258 g/mol. The van der Waals surface area contributed by atoms with Crippen LogP contribution in [-0.4, -0.2) is 23.7 Å². The van der Waals surface area contributed by atoms with E-state index in [-0.39, 0.29) is 18.6 Å². The van der Waals surface area contributed by atoms with Crippen LogP contribution in [0.15, 0.2) is 28.7 Å². The van der Waals surface area contributed by atoms with Gasteiger partial charge in [0.05, 0.1) is 5.56 Å². The Morgan fingerprint density at radius 3 is 2.80 bits per heavy atom. The van der Waals surface area contributed by atoms with Crippen LogP contribution >= 0.6 is 15.9 Å². The molecule has 1 aromatic rings. The number of benzene rings is 1. The molecule has 0 fully saturated rings. The molecule has 15 heavy (non-hydrogen) atoms. The fourth-order valence-corrected chi connectivity index (χ4v) is 1.68. The molecule has 1 amide bonds. The van der Waals surface area contributed by atoms with Crippen LogP contribution in [0.2, 0.25) is 0 Å². The number of hydrogen-bond donors (Lipinski definition) is 2. The molecule has 0 saturated carbocycles. The lowest BCUT2D eigenvalue weighted by atomic mass is 10.2. The van der Waals surface area contributed by atoms with E-state index in [0.29, 0.717) is 12.0 Å². The molecule has 3 nitrogen and oxygen atoms in total. The van der Waals surface area contributed by atoms with Crippen molar-refractivity contribution in [1.82, 2.24) is 5.32 Å². The first-order valence-electron chi connectivity index (χ1n) is 4.81. The molecule has 0 saturated heterocycles. The van der Waals surface area contributed by atoms with Crippen molar-refractivity contribution in [1.29, 1.82) is 0 Å². The summed E-state index contributed by atoms with van der Waals surface area (Å²) in [5, 5.41) is 11.5. The van der Waals surface area contributed by atoms with Gasteiger partial charge in [-0.25, -0.2) is 0 Å². The Kier molecular flexibility index (Phi) is 4.78. The predicted octanol–water partition coefficient (Wildman–Crippen LogP) is 1.95. The Hall–Kier alpha value is -0.870. The van der Waals surface area contributed by atoms with E-state index < -0.39 is 0 Å². The van der Waals surface area contributed by atoms with Gasteiger partial charge in [0.2, 0.25) is 0 Å². The summed E-state index contributed by atoms with van der Waals surface area (Å²) in [4.78, 5) is 11.7. The maximum Gasteiger partial charge on any atom is 0.252 e. The van der Waals surface area contributed by atoms with Gasteiger partial charge in [-0.05, 0) is 41.4 Å². The highest BCUT2D eigenvalue weighted by molar-refractivity contribution is 9.10. The Labute approximate surface area is 97.6 Å². The number of aliphatic hydroxyl groups is 1. The van der Waals surface area contributed by atoms with Gasteiger partial charge in [0.15, 0.2) is 0 Å². The first-order valence-corrected chi connectivity index (χ1v) is 5.60. The molecule has 1 aromatic carbocycles. The number of carbonyl (C=O) groups excluding carboxylic acids is 1. The number of nitrogens with one attached hydrogen (secondary N) is 1. The molecule has 0 aliphatic rings. The zero-order valence-corrected chi connectivity index (χ0v) is 10.1. The summed E-state index contributed by atoms with van der Waals surface area (Å²) in [6.07, 6.45) is 0.566. The zero-order chi connectivity index (χ0) is 11.3. The molecule has 0 unspecified atom stereocenters. The molecule has 0 radical (unpaired) electrons. The standard InChI is InChI=1S/C11H14BrNO2/c1-8(6-7-14)13-11(15)9-4-2-3-5-10(9)12/h2-5,8,14H,6-7H2,1H3,(H,13,15)/t8-/m1/s1. The van der Waals surface area contributed by atoms with Crippen molar-refractivity contribution in [3.63, 3.8) is 0 Å². The molecule has 0 bridgehead atoms. The highest BCUT2D eigenvalue weighted by Crippen LogP contribution is 2.15. The quantitative estimate of drug-likeness (QED) is 0.880. The van der Waals surface area contributed by atoms with Crippen molar-refractivity contribution < 1.29 is 9.90 Å². The molecule has 0 aliphatic heterocycles. The fourth-order valence-electron chi connectivity index (χ4n) is 1.21. The van der Waals surface area contributed by atoms with Crippen LogP contribution < -0.4 is 5.32 Å². The van der Waals surface area contributed by atoms with Crippen LogP contribution in [0.5, 0.6) is 0 Å². The Bertz CT molecular complexity index is 341. The number of hydrogen-bond acceptors (Lipinski definition) is 2. The molecule has 2 N–H and O–H groups in total. The summed E-state index contributed by atoms with van der Waals surface area (Å²) in [5.74, 6) is -0.122. The van der Waals surface area contributed by atoms with Crippen LogP contribution in [0.25, 0.3) is 0 Å². The molecule has 0 heterocycles. The first kappa shape index (κ1) is 12.2. The number of aliphatic hydroxyl groups excluding tert-OH is 1. The van der Waals surface area contributed by atoms with Gasteiger partial charge in [0.25, 0.3) is 5.91 Å². The number of rotatable bonds is 4. The van der Waals surface area contributed by atoms with Crippen molar-refractivity contribution in [3.8, 4) is 0 Å². The van der Waals surface area contributed by atoms with Gasteiger partial charge in [0, 0.05) is 17.1 Å². The fraction of sp³-hybridized carbons (Fsp3) is 0.364. The summed E-state index contributed by atoms with van der Waals surface area (Å²) in [5.41, 5.74) is 0.613. The van der Waals surface area contributed by atoms with Gasteiger partial charge in [-0.15, -0.1) is 0 Å². The second-order valence-corrected chi connectivity index (χ2v) is 4.22. The maximum absolute atomic E-state index is 11.7. The van der Waals surface area contributed by atoms with E-state index in [1.54, 1.807) is 6.07 Å². The van der Waals surface area contributed by atoms with Gasteiger partial charge in [-0.2, -0.15) is 0 Å². The van der Waals surface area contributed by atoms with Crippen molar-refractivity contribution >= 4 is 21.8 Å². The Morgan fingerprint density at radius 2 is 2.20 bits per heavy atom. The lowest BCUT2D eigenvalue weighted by Crippen LogP contribution is -2.33. The normalized spacial score (nSPS) is 12.2. The lowest BCUT2D eigenvalue weighted by Gasteiger charge is -2.12. The van der Waals surface area contributed by atoms with Crippen LogP contribution in [0.4, 0.5) is 0 Å². The molecule has 0 aliphatic carbocycles. The monoisotopic (exact) mass is 271 g/mol. The second kappa shape index (κ2) is 5.88. The van der Waals surface area contributed by atoms with Gasteiger partial charge in [0.1, 0.15) is 0 Å². The molecule has 82 valence electrons. The van der Waals surface area contributed by atoms with Gasteiger partial charge in [-0.3, -0.25) is 4.79 Å². The highest BCUT2D eigenvalue weighted by atomic mass is 79.9. The predicted molar refractivity (Wildman–Crippen MR) is 62.8 cm³/mol. The van der Waals surface area contributed by atoms with Crippen LogP contribution in [0, 0.1) is 0 Å². The SMILES string of the molecule is C[C@H](CCO)NC(=O)c1ccccc1Br. The van der Waals surface area contributed by atoms with Crippen LogP contribution in [0.1, 0.15) is 23.7 Å². The van der Waals surface area contributed by atoms with Crippen molar-refractivity contribution in [3.05, 3.63) is 34.3 Å². The average molecular weight is 272 g/mol. The molecule has 1 rings (SSSR count). The number of carbonyl (C=O) groups is 1. The maximum atomic E-state index is 11.7. The Morgan fingerprint density at radius 1 is 1.53 bits per heavy atom. The van der Waals surface area contributed by atoms with E-state index in [4.69, 9.17) is 5.11 Å². The smallest absolute Gasteiger partial charge is 0.252 e. The van der Waals surface area contributed by atoms with E-state index in [0.717, 1.165) is 4.47 Å². The van der Waals surface area contributed by atoms with Crippen molar-refractivity contribution in [2.75, 3.05) is 6.61 Å². The summed E-state index contributed by atoms with van der Waals surface area (Å²) in [6, 6.07) is 7.24. The van der Waals surface area contributed by atoms with Crippen LogP contribution in [0.3, 0.4) is 0 Å². The van der Waals surface area contributed by atoms with E-state index in [2.05, 4.69) is 21.2 Å². The third-order valence-corrected chi connectivity index (χ3v) is 2.75. The van der Waals surface area contributed by atoms with Gasteiger partial charge >= 0.3 is 0 Å². The first-order chi connectivity index (χ1) is 7.15. The molecule has 1 atom stereocenters. The second-order valence-electron chi connectivity index (χ2n) is 3.37. The topological polar surface area (TPSA) is 49.3 Å². The minimum absolute atomic E-state index is 0.0189. The van der Waals surface area contributed by atoms with E-state index >= 15 is 0 Å². The van der Waals surface area contributed by atoms with Gasteiger partial charge in [-0.1, -0.05) is 12.1 Å². The largest absolute Gasteiger partial charge is 0.396 e. The molecular formula is C11H14BrNO2. The van der Waals surface area contributed by atoms with Crippen molar-refractivity contribution in [2.24, 2.45) is 0 Å². The minimum atomic E-state index is -0.122. The highest BCUT2D eigenvalue weighted by Gasteiger charge is 2.11.